The first-order chi connectivity index (χ1) is 7.35. The van der Waals surface area contributed by atoms with Gasteiger partial charge in [0.15, 0.2) is 0 Å². The number of nitriles is 1. The number of methoxy groups -OCH3 is 1. The number of rotatable bonds is 1. The minimum Gasteiger partial charge on any atom is -0.497 e. The Labute approximate surface area is 89.2 Å². The monoisotopic (exact) mass is 203 g/mol. The number of hydrogen-bond acceptors (Lipinski definition) is 3. The van der Waals surface area contributed by atoms with Gasteiger partial charge in [-0.2, -0.15) is 5.26 Å². The van der Waals surface area contributed by atoms with Gasteiger partial charge in [0, 0.05) is 5.56 Å². The molecule has 3 heteroatoms. The average Bonchev–Trinajstić information content (AvgIpc) is 2.49. The summed E-state index contributed by atoms with van der Waals surface area (Å²) in [5.74, 6) is 1.52. The fraction of sp³-hybridized carbons (Fsp3) is 0.417. The molecule has 1 unspecified atom stereocenters. The van der Waals surface area contributed by atoms with Crippen LogP contribution in [0.25, 0.3) is 0 Å². The molecule has 1 aliphatic rings. The first-order valence-corrected chi connectivity index (χ1v) is 5.05. The molecule has 15 heavy (non-hydrogen) atoms. The second-order valence-electron chi connectivity index (χ2n) is 3.58. The highest BCUT2D eigenvalue weighted by Crippen LogP contribution is 2.35. The highest BCUT2D eigenvalue weighted by molar-refractivity contribution is 5.45. The molecule has 1 aliphatic heterocycles. The molecule has 0 fully saturated rings. The van der Waals surface area contributed by atoms with Crippen molar-refractivity contribution in [2.24, 2.45) is 0 Å². The van der Waals surface area contributed by atoms with Gasteiger partial charge in [-0.25, -0.2) is 0 Å². The molecule has 1 atom stereocenters. The molecule has 0 N–H and O–H groups in total. The van der Waals surface area contributed by atoms with Gasteiger partial charge in [-0.1, -0.05) is 0 Å². The lowest BCUT2D eigenvalue weighted by Gasteiger charge is -2.11. The maximum Gasteiger partial charge on any atom is 0.124 e. The van der Waals surface area contributed by atoms with Crippen LogP contribution < -0.4 is 9.47 Å². The van der Waals surface area contributed by atoms with E-state index in [4.69, 9.17) is 14.7 Å². The van der Waals surface area contributed by atoms with Crippen LogP contribution in [-0.2, 0) is 0 Å². The third-order valence-electron chi connectivity index (χ3n) is 2.64. The zero-order valence-electron chi connectivity index (χ0n) is 8.69. The van der Waals surface area contributed by atoms with E-state index in [0.29, 0.717) is 6.61 Å². The predicted molar refractivity (Wildman–Crippen MR) is 56.1 cm³/mol. The molecule has 3 nitrogen and oxygen atoms in total. The van der Waals surface area contributed by atoms with Crippen LogP contribution in [0.2, 0.25) is 0 Å². The molecule has 1 aromatic rings. The number of hydrogen-bond donors (Lipinski definition) is 0. The molecule has 0 bridgehead atoms. The van der Waals surface area contributed by atoms with E-state index in [2.05, 4.69) is 6.07 Å². The molecule has 0 spiro atoms. The van der Waals surface area contributed by atoms with E-state index in [9.17, 15) is 0 Å². The summed E-state index contributed by atoms with van der Waals surface area (Å²) in [4.78, 5) is 0. The molecule has 0 saturated carbocycles. The molecular weight excluding hydrogens is 190 g/mol. The Balaban J connectivity index is 2.44. The van der Waals surface area contributed by atoms with Crippen LogP contribution in [0, 0.1) is 11.3 Å². The first-order valence-electron chi connectivity index (χ1n) is 5.05. The zero-order chi connectivity index (χ0) is 10.7. The Bertz CT molecular complexity index is 395. The first kappa shape index (κ1) is 9.85. The third kappa shape index (κ3) is 1.89. The molecule has 0 amide bonds. The van der Waals surface area contributed by atoms with E-state index in [-0.39, 0.29) is 5.92 Å². The van der Waals surface area contributed by atoms with E-state index in [1.165, 1.54) is 0 Å². The van der Waals surface area contributed by atoms with Gasteiger partial charge < -0.3 is 9.47 Å². The van der Waals surface area contributed by atoms with E-state index >= 15 is 0 Å². The van der Waals surface area contributed by atoms with Crippen LogP contribution in [0.15, 0.2) is 18.2 Å². The summed E-state index contributed by atoms with van der Waals surface area (Å²) >= 11 is 0. The molecule has 0 aromatic heterocycles. The summed E-state index contributed by atoms with van der Waals surface area (Å²) in [5.41, 5.74) is 0.953. The SMILES string of the molecule is COc1ccc2c(c1)C(C#N)CCCO2. The Morgan fingerprint density at radius 3 is 3.13 bits per heavy atom. The van der Waals surface area contributed by atoms with Gasteiger partial charge in [-0.3, -0.25) is 0 Å². The predicted octanol–water partition coefficient (Wildman–Crippen LogP) is 2.47. The Morgan fingerprint density at radius 2 is 2.40 bits per heavy atom. The lowest BCUT2D eigenvalue weighted by molar-refractivity contribution is 0.316. The summed E-state index contributed by atoms with van der Waals surface area (Å²) in [5, 5.41) is 9.08. The minimum absolute atomic E-state index is 0.0717. The van der Waals surface area contributed by atoms with Crippen LogP contribution >= 0.6 is 0 Å². The Hall–Kier alpha value is -1.69. The van der Waals surface area contributed by atoms with E-state index in [1.807, 2.05) is 18.2 Å². The van der Waals surface area contributed by atoms with Crippen LogP contribution in [0.4, 0.5) is 0 Å². The summed E-state index contributed by atoms with van der Waals surface area (Å²) < 4.78 is 10.7. The fourth-order valence-electron chi connectivity index (χ4n) is 1.82. The van der Waals surface area contributed by atoms with Crippen molar-refractivity contribution in [3.8, 4) is 17.6 Å². The van der Waals surface area contributed by atoms with Crippen molar-refractivity contribution in [3.05, 3.63) is 23.8 Å². The summed E-state index contributed by atoms with van der Waals surface area (Å²) in [6, 6.07) is 7.95. The van der Waals surface area contributed by atoms with Gasteiger partial charge in [0.1, 0.15) is 11.5 Å². The quantitative estimate of drug-likeness (QED) is 0.704. The van der Waals surface area contributed by atoms with Crippen LogP contribution in [0.3, 0.4) is 0 Å². The van der Waals surface area contributed by atoms with Crippen molar-refractivity contribution in [2.45, 2.75) is 18.8 Å². The lowest BCUT2D eigenvalue weighted by atomic mass is 9.96. The highest BCUT2D eigenvalue weighted by Gasteiger charge is 2.19. The summed E-state index contributed by atoms with van der Waals surface area (Å²) in [6.45, 7) is 0.692. The molecule has 1 heterocycles. The molecule has 0 aliphatic carbocycles. The molecule has 0 saturated heterocycles. The maximum absolute atomic E-state index is 9.08. The van der Waals surface area contributed by atoms with Crippen molar-refractivity contribution >= 4 is 0 Å². The van der Waals surface area contributed by atoms with Gasteiger partial charge in [0.2, 0.25) is 0 Å². The van der Waals surface area contributed by atoms with Gasteiger partial charge in [-0.05, 0) is 31.0 Å². The second-order valence-corrected chi connectivity index (χ2v) is 3.58. The van der Waals surface area contributed by atoms with Crippen LogP contribution in [-0.4, -0.2) is 13.7 Å². The van der Waals surface area contributed by atoms with E-state index in [1.54, 1.807) is 7.11 Å². The second kappa shape index (κ2) is 4.22. The van der Waals surface area contributed by atoms with Crippen molar-refractivity contribution in [1.29, 1.82) is 5.26 Å². The summed E-state index contributed by atoms with van der Waals surface area (Å²) in [7, 11) is 1.63. The van der Waals surface area contributed by atoms with Crippen molar-refractivity contribution < 1.29 is 9.47 Å². The average molecular weight is 203 g/mol. The van der Waals surface area contributed by atoms with Gasteiger partial charge in [0.25, 0.3) is 0 Å². The van der Waals surface area contributed by atoms with Crippen molar-refractivity contribution in [3.63, 3.8) is 0 Å². The van der Waals surface area contributed by atoms with Crippen molar-refractivity contribution in [1.82, 2.24) is 0 Å². The summed E-state index contributed by atoms with van der Waals surface area (Å²) in [6.07, 6.45) is 1.78. The lowest BCUT2D eigenvalue weighted by Crippen LogP contribution is -1.96. The largest absolute Gasteiger partial charge is 0.497 e. The highest BCUT2D eigenvalue weighted by atomic mass is 16.5. The molecule has 0 radical (unpaired) electrons. The minimum atomic E-state index is -0.0717. The molecule has 2 rings (SSSR count). The van der Waals surface area contributed by atoms with Gasteiger partial charge in [0.05, 0.1) is 25.7 Å². The maximum atomic E-state index is 9.08. The number of ether oxygens (including phenoxy) is 2. The third-order valence-corrected chi connectivity index (χ3v) is 2.64. The topological polar surface area (TPSA) is 42.2 Å². The molecule has 78 valence electrons. The van der Waals surface area contributed by atoms with Gasteiger partial charge in [-0.15, -0.1) is 0 Å². The number of nitrogens with zero attached hydrogens (tertiary/aromatic N) is 1. The van der Waals surface area contributed by atoms with Crippen LogP contribution in [0.1, 0.15) is 24.3 Å². The Morgan fingerprint density at radius 1 is 1.53 bits per heavy atom. The van der Waals surface area contributed by atoms with Crippen molar-refractivity contribution in [2.75, 3.05) is 13.7 Å². The zero-order valence-corrected chi connectivity index (χ0v) is 8.69. The smallest absolute Gasteiger partial charge is 0.124 e. The van der Waals surface area contributed by atoms with E-state index < -0.39 is 0 Å². The van der Waals surface area contributed by atoms with Gasteiger partial charge >= 0.3 is 0 Å². The standard InChI is InChI=1S/C12H13NO2/c1-14-10-4-5-12-11(7-10)9(8-13)3-2-6-15-12/h4-5,7,9H,2-3,6H2,1H3. The number of fused-ring (bicyclic) bond motifs is 1. The van der Waals surface area contributed by atoms with E-state index in [0.717, 1.165) is 29.9 Å². The molecule has 1 aromatic carbocycles. The molecular formula is C12H13NO2. The number of benzene rings is 1. The normalized spacial score (nSPS) is 19.3. The van der Waals surface area contributed by atoms with Crippen LogP contribution in [0.5, 0.6) is 11.5 Å². The fourth-order valence-corrected chi connectivity index (χ4v) is 1.82. The Kier molecular flexibility index (Phi) is 2.77.